The Morgan fingerprint density at radius 1 is 1.17 bits per heavy atom. The monoisotopic (exact) mass is 251 g/mol. The van der Waals surface area contributed by atoms with Crippen LogP contribution in [0.2, 0.25) is 0 Å². The largest absolute Gasteiger partial charge is 0.314 e. The van der Waals surface area contributed by atoms with Crippen molar-refractivity contribution >= 4 is 0 Å². The predicted octanol–water partition coefficient (Wildman–Crippen LogP) is 3.36. The first kappa shape index (κ1) is 15.2. The molecule has 18 heavy (non-hydrogen) atoms. The van der Waals surface area contributed by atoms with E-state index in [2.05, 4.69) is 65.4 Å². The van der Waals surface area contributed by atoms with Crippen LogP contribution in [0.5, 0.6) is 0 Å². The van der Waals surface area contributed by atoms with Crippen LogP contribution in [0.15, 0.2) is 0 Å². The first-order valence-corrected chi connectivity index (χ1v) is 6.94. The Bertz CT molecular complexity index is 397. The summed E-state index contributed by atoms with van der Waals surface area (Å²) in [4.78, 5) is 0. The van der Waals surface area contributed by atoms with Crippen molar-refractivity contribution < 1.29 is 0 Å². The summed E-state index contributed by atoms with van der Waals surface area (Å²) < 4.78 is 2.16. The molecule has 1 N–H and O–H groups in total. The summed E-state index contributed by atoms with van der Waals surface area (Å²) in [6.45, 7) is 18.6. The highest BCUT2D eigenvalue weighted by molar-refractivity contribution is 5.29. The topological polar surface area (TPSA) is 29.9 Å². The molecule has 0 aromatic carbocycles. The lowest BCUT2D eigenvalue weighted by molar-refractivity contribution is 0.346. The number of hydrogen-bond donors (Lipinski definition) is 1. The summed E-state index contributed by atoms with van der Waals surface area (Å²) in [5.41, 5.74) is 3.93. The fraction of sp³-hybridized carbons (Fsp3) is 0.800. The van der Waals surface area contributed by atoms with Gasteiger partial charge < -0.3 is 5.32 Å². The molecule has 0 saturated carbocycles. The summed E-state index contributed by atoms with van der Waals surface area (Å²) in [5.74, 6) is 0.503. The van der Waals surface area contributed by atoms with E-state index >= 15 is 0 Å². The maximum absolute atomic E-state index is 4.72. The van der Waals surface area contributed by atoms with Crippen molar-refractivity contribution in [3.05, 3.63) is 17.0 Å². The average Bonchev–Trinajstić information content (AvgIpc) is 2.50. The van der Waals surface area contributed by atoms with Crippen molar-refractivity contribution in [1.29, 1.82) is 0 Å². The highest BCUT2D eigenvalue weighted by atomic mass is 15.3. The van der Waals surface area contributed by atoms with Crippen LogP contribution in [-0.2, 0) is 5.54 Å². The number of nitrogens with zero attached hydrogens (tertiary/aromatic N) is 2. The van der Waals surface area contributed by atoms with E-state index in [0.717, 1.165) is 6.54 Å². The molecule has 104 valence electrons. The minimum Gasteiger partial charge on any atom is -0.314 e. The minimum absolute atomic E-state index is 0.0539. The average molecular weight is 251 g/mol. The van der Waals surface area contributed by atoms with Crippen LogP contribution in [-0.4, -0.2) is 22.4 Å². The molecule has 1 atom stereocenters. The lowest BCUT2D eigenvalue weighted by atomic mass is 9.98. The molecule has 0 radical (unpaired) electrons. The van der Waals surface area contributed by atoms with Crippen molar-refractivity contribution in [3.8, 4) is 0 Å². The summed E-state index contributed by atoms with van der Waals surface area (Å²) in [5, 5.41) is 8.23. The van der Waals surface area contributed by atoms with Crippen molar-refractivity contribution in [2.45, 2.75) is 72.9 Å². The van der Waals surface area contributed by atoms with E-state index in [4.69, 9.17) is 5.10 Å². The Kier molecular flexibility index (Phi) is 4.60. The van der Waals surface area contributed by atoms with Crippen molar-refractivity contribution in [2.75, 3.05) is 6.54 Å². The molecule has 1 aromatic rings. The Hall–Kier alpha value is -0.830. The maximum Gasteiger partial charge on any atom is 0.0631 e. The van der Waals surface area contributed by atoms with E-state index in [1.54, 1.807) is 0 Å². The Morgan fingerprint density at radius 3 is 2.11 bits per heavy atom. The lowest BCUT2D eigenvalue weighted by Gasteiger charge is -2.22. The van der Waals surface area contributed by atoms with Crippen molar-refractivity contribution in [1.82, 2.24) is 15.1 Å². The molecule has 0 aliphatic rings. The zero-order valence-electron chi connectivity index (χ0n) is 13.3. The normalized spacial score (nSPS) is 14.3. The molecule has 1 rings (SSSR count). The Balaban J connectivity index is 2.99. The van der Waals surface area contributed by atoms with E-state index < -0.39 is 0 Å². The van der Waals surface area contributed by atoms with Gasteiger partial charge in [0.15, 0.2) is 0 Å². The van der Waals surface area contributed by atoms with Gasteiger partial charge in [0.1, 0.15) is 0 Å². The molecular formula is C15H29N3. The number of hydrogen-bond acceptors (Lipinski definition) is 2. The first-order chi connectivity index (χ1) is 8.14. The van der Waals surface area contributed by atoms with E-state index in [0.29, 0.717) is 12.0 Å². The molecule has 1 heterocycles. The molecule has 3 nitrogen and oxygen atoms in total. The maximum atomic E-state index is 4.72. The molecule has 1 aromatic heterocycles. The third kappa shape index (κ3) is 3.35. The fourth-order valence-electron chi connectivity index (χ4n) is 2.54. The Labute approximate surface area is 112 Å². The van der Waals surface area contributed by atoms with Gasteiger partial charge in [0.2, 0.25) is 0 Å². The van der Waals surface area contributed by atoms with Gasteiger partial charge >= 0.3 is 0 Å². The van der Waals surface area contributed by atoms with Gasteiger partial charge in [-0.2, -0.15) is 5.10 Å². The molecule has 0 aliphatic carbocycles. The van der Waals surface area contributed by atoms with Gasteiger partial charge in [0.25, 0.3) is 0 Å². The van der Waals surface area contributed by atoms with Gasteiger partial charge in [-0.1, -0.05) is 20.8 Å². The second-order valence-corrected chi connectivity index (χ2v) is 6.63. The third-order valence-electron chi connectivity index (χ3n) is 3.31. The molecule has 1 unspecified atom stereocenters. The molecule has 3 heteroatoms. The standard InChI is InChI=1S/C15H29N3/c1-10(2)16-9-11(3)14-12(4)17-18(13(14)5)15(6,7)8/h10-11,16H,9H2,1-8H3. The van der Waals surface area contributed by atoms with Crippen LogP contribution in [0.4, 0.5) is 0 Å². The summed E-state index contributed by atoms with van der Waals surface area (Å²) in [7, 11) is 0. The van der Waals surface area contributed by atoms with Gasteiger partial charge in [-0.25, -0.2) is 0 Å². The van der Waals surface area contributed by atoms with Crippen LogP contribution in [0, 0.1) is 13.8 Å². The number of nitrogens with one attached hydrogen (secondary N) is 1. The van der Waals surface area contributed by atoms with E-state index in [-0.39, 0.29) is 5.54 Å². The molecule has 0 amide bonds. The van der Waals surface area contributed by atoms with E-state index in [1.807, 2.05) is 0 Å². The molecule has 0 bridgehead atoms. The van der Waals surface area contributed by atoms with Crippen molar-refractivity contribution in [2.24, 2.45) is 0 Å². The van der Waals surface area contributed by atoms with Crippen LogP contribution in [0.1, 0.15) is 64.4 Å². The second kappa shape index (κ2) is 5.43. The predicted molar refractivity (Wildman–Crippen MR) is 78.3 cm³/mol. The van der Waals surface area contributed by atoms with Crippen LogP contribution < -0.4 is 5.32 Å². The fourth-order valence-corrected chi connectivity index (χ4v) is 2.54. The molecule has 0 spiro atoms. The molecule has 0 saturated heterocycles. The van der Waals surface area contributed by atoms with Gasteiger partial charge in [-0.3, -0.25) is 4.68 Å². The zero-order valence-corrected chi connectivity index (χ0v) is 13.3. The van der Waals surface area contributed by atoms with Crippen LogP contribution in [0.25, 0.3) is 0 Å². The summed E-state index contributed by atoms with van der Waals surface area (Å²) in [6, 6.07) is 0.533. The molecular weight excluding hydrogens is 222 g/mol. The highest BCUT2D eigenvalue weighted by Gasteiger charge is 2.23. The quantitative estimate of drug-likeness (QED) is 0.889. The highest BCUT2D eigenvalue weighted by Crippen LogP contribution is 2.26. The summed E-state index contributed by atoms with van der Waals surface area (Å²) >= 11 is 0. The SMILES string of the molecule is Cc1nn(C(C)(C)C)c(C)c1C(C)CNC(C)C. The Morgan fingerprint density at radius 2 is 1.72 bits per heavy atom. The third-order valence-corrected chi connectivity index (χ3v) is 3.31. The first-order valence-electron chi connectivity index (χ1n) is 6.94. The van der Waals surface area contributed by atoms with Gasteiger partial charge in [-0.05, 0) is 40.5 Å². The van der Waals surface area contributed by atoms with Gasteiger partial charge in [0.05, 0.1) is 11.2 Å². The second-order valence-electron chi connectivity index (χ2n) is 6.63. The minimum atomic E-state index is 0.0539. The number of aryl methyl sites for hydroxylation is 1. The van der Waals surface area contributed by atoms with Crippen LogP contribution in [0.3, 0.4) is 0 Å². The molecule has 0 fully saturated rings. The van der Waals surface area contributed by atoms with E-state index in [9.17, 15) is 0 Å². The number of aromatic nitrogens is 2. The van der Waals surface area contributed by atoms with E-state index in [1.165, 1.54) is 17.0 Å². The van der Waals surface area contributed by atoms with Crippen LogP contribution >= 0.6 is 0 Å². The zero-order chi connectivity index (χ0) is 14.1. The molecule has 0 aliphatic heterocycles. The number of rotatable bonds is 4. The lowest BCUT2D eigenvalue weighted by Crippen LogP contribution is -2.28. The summed E-state index contributed by atoms with van der Waals surface area (Å²) in [6.07, 6.45) is 0. The smallest absolute Gasteiger partial charge is 0.0631 e. The van der Waals surface area contributed by atoms with Crippen molar-refractivity contribution in [3.63, 3.8) is 0 Å². The van der Waals surface area contributed by atoms with Gasteiger partial charge in [0, 0.05) is 23.8 Å². The van der Waals surface area contributed by atoms with Gasteiger partial charge in [-0.15, -0.1) is 0 Å².